The smallest absolute Gasteiger partial charge is 0.253 e. The average molecular weight is 421 g/mol. The molecule has 31 heavy (non-hydrogen) atoms. The molecule has 0 bridgehead atoms. The summed E-state index contributed by atoms with van der Waals surface area (Å²) >= 11 is 0. The Balaban J connectivity index is 1.31. The Morgan fingerprint density at radius 2 is 1.77 bits per heavy atom. The Kier molecular flexibility index (Phi) is 5.27. The van der Waals surface area contributed by atoms with E-state index in [1.807, 2.05) is 19.1 Å². The molecule has 0 atom stereocenters. The third-order valence-electron chi connectivity index (χ3n) is 7.19. The number of carbonyl (C=O) groups is 1. The molecule has 5 heteroatoms. The highest BCUT2D eigenvalue weighted by Crippen LogP contribution is 2.40. The van der Waals surface area contributed by atoms with Crippen LogP contribution < -0.4 is 4.74 Å². The number of piperidine rings is 1. The van der Waals surface area contributed by atoms with E-state index in [1.54, 1.807) is 19.0 Å². The lowest BCUT2D eigenvalue weighted by Gasteiger charge is -2.47. The molecule has 2 fully saturated rings. The molecule has 0 N–H and O–H groups in total. The fourth-order valence-corrected chi connectivity index (χ4v) is 4.96. The largest absolute Gasteiger partial charge is 0.462 e. The predicted molar refractivity (Wildman–Crippen MR) is 121 cm³/mol. The molecule has 1 amide bonds. The van der Waals surface area contributed by atoms with Crippen LogP contribution in [-0.2, 0) is 11.3 Å². The van der Waals surface area contributed by atoms with E-state index in [2.05, 4.69) is 29.2 Å². The van der Waals surface area contributed by atoms with Gasteiger partial charge in [-0.05, 0) is 54.7 Å². The van der Waals surface area contributed by atoms with Gasteiger partial charge in [0.1, 0.15) is 5.75 Å². The topological polar surface area (TPSA) is 42.0 Å². The lowest BCUT2D eigenvalue weighted by Crippen LogP contribution is -2.54. The minimum Gasteiger partial charge on any atom is -0.462 e. The fraction of sp³-hybridized carbons (Fsp3) is 0.500. The van der Waals surface area contributed by atoms with E-state index in [1.165, 1.54) is 19.3 Å². The van der Waals surface area contributed by atoms with Crippen molar-refractivity contribution in [1.82, 2.24) is 9.80 Å². The van der Waals surface area contributed by atoms with Gasteiger partial charge in [0, 0.05) is 57.2 Å². The predicted octanol–water partition coefficient (Wildman–Crippen LogP) is 4.62. The van der Waals surface area contributed by atoms with Crippen molar-refractivity contribution < 1.29 is 14.3 Å². The van der Waals surface area contributed by atoms with Crippen LogP contribution in [0.2, 0.25) is 0 Å². The number of rotatable bonds is 3. The maximum absolute atomic E-state index is 12.3. The zero-order chi connectivity index (χ0) is 21.6. The van der Waals surface area contributed by atoms with Gasteiger partial charge >= 0.3 is 0 Å². The van der Waals surface area contributed by atoms with Crippen LogP contribution >= 0.6 is 0 Å². The van der Waals surface area contributed by atoms with E-state index < -0.39 is 5.79 Å². The molecule has 3 aliphatic rings. The number of likely N-dealkylation sites (tertiary alicyclic amines) is 1. The van der Waals surface area contributed by atoms with E-state index in [4.69, 9.17) is 9.47 Å². The number of amides is 1. The lowest BCUT2D eigenvalue weighted by molar-refractivity contribution is -0.231. The Morgan fingerprint density at radius 1 is 1.06 bits per heavy atom. The van der Waals surface area contributed by atoms with Crippen LogP contribution in [0.1, 0.15) is 53.6 Å². The highest BCUT2D eigenvalue weighted by atomic mass is 16.7. The molecular weight excluding hydrogens is 388 g/mol. The van der Waals surface area contributed by atoms with Gasteiger partial charge in [0.05, 0.1) is 6.61 Å². The van der Waals surface area contributed by atoms with E-state index in [-0.39, 0.29) is 5.91 Å². The van der Waals surface area contributed by atoms with Gasteiger partial charge < -0.3 is 14.4 Å². The summed E-state index contributed by atoms with van der Waals surface area (Å²) < 4.78 is 12.7. The molecule has 5 nitrogen and oxygen atoms in total. The van der Waals surface area contributed by atoms with Crippen LogP contribution in [0.5, 0.6) is 5.75 Å². The SMILES string of the molecule is Cc1cc(-c2ccc3c(c2)COC2(CCN(C4CCC4)CC2)O3)ccc1C(=O)N(C)C. The monoisotopic (exact) mass is 420 g/mol. The average Bonchev–Trinajstić information content (AvgIpc) is 2.73. The summed E-state index contributed by atoms with van der Waals surface area (Å²) in [5.74, 6) is 0.521. The van der Waals surface area contributed by atoms with E-state index in [9.17, 15) is 4.79 Å². The third kappa shape index (κ3) is 3.85. The van der Waals surface area contributed by atoms with Gasteiger partial charge in [0.25, 0.3) is 5.91 Å². The Hall–Kier alpha value is -2.37. The normalized spacial score (nSPS) is 20.6. The first-order valence-electron chi connectivity index (χ1n) is 11.5. The Bertz CT molecular complexity index is 988. The van der Waals surface area contributed by atoms with Gasteiger partial charge in [0.2, 0.25) is 5.79 Å². The van der Waals surface area contributed by atoms with Crippen LogP contribution in [0.4, 0.5) is 0 Å². The highest BCUT2D eigenvalue weighted by molar-refractivity contribution is 5.96. The van der Waals surface area contributed by atoms with Gasteiger partial charge in [-0.3, -0.25) is 9.69 Å². The molecule has 0 radical (unpaired) electrons. The summed E-state index contributed by atoms with van der Waals surface area (Å²) in [5.41, 5.74) is 5.04. The maximum atomic E-state index is 12.3. The number of benzene rings is 2. The second kappa shape index (κ2) is 7.95. The number of fused-ring (bicyclic) bond motifs is 1. The molecule has 0 unspecified atom stereocenters. The molecule has 2 heterocycles. The standard InChI is InChI=1S/C26H32N2O3/c1-18-15-19(7-9-23(18)25(29)27(2)3)20-8-10-24-21(16-20)17-30-26(31-24)11-13-28(14-12-26)22-5-4-6-22/h7-10,15-16,22H,4-6,11-14,17H2,1-3H3. The minimum atomic E-state index is -0.459. The first kappa shape index (κ1) is 20.5. The second-order valence-corrected chi connectivity index (χ2v) is 9.47. The second-order valence-electron chi connectivity index (χ2n) is 9.47. The molecule has 2 aliphatic heterocycles. The fourth-order valence-electron chi connectivity index (χ4n) is 4.96. The van der Waals surface area contributed by atoms with Crippen molar-refractivity contribution in [1.29, 1.82) is 0 Å². The van der Waals surface area contributed by atoms with Gasteiger partial charge in [-0.15, -0.1) is 0 Å². The number of nitrogens with zero attached hydrogens (tertiary/aromatic N) is 2. The van der Waals surface area contributed by atoms with E-state index >= 15 is 0 Å². The lowest BCUT2D eigenvalue weighted by atomic mass is 9.89. The van der Waals surface area contributed by atoms with Crippen LogP contribution in [0.25, 0.3) is 11.1 Å². The zero-order valence-corrected chi connectivity index (χ0v) is 18.8. The minimum absolute atomic E-state index is 0.0324. The van der Waals surface area contributed by atoms with E-state index in [0.29, 0.717) is 6.61 Å². The molecule has 164 valence electrons. The first-order valence-corrected chi connectivity index (χ1v) is 11.5. The van der Waals surface area contributed by atoms with Crippen molar-refractivity contribution in [3.63, 3.8) is 0 Å². The van der Waals surface area contributed by atoms with Crippen LogP contribution in [0.3, 0.4) is 0 Å². The summed E-state index contributed by atoms with van der Waals surface area (Å²) in [5, 5.41) is 0. The van der Waals surface area contributed by atoms with Crippen molar-refractivity contribution in [2.45, 2.75) is 57.5 Å². The summed E-state index contributed by atoms with van der Waals surface area (Å²) in [6, 6.07) is 13.2. The molecule has 0 aromatic heterocycles. The van der Waals surface area contributed by atoms with Crippen molar-refractivity contribution in [2.24, 2.45) is 0 Å². The van der Waals surface area contributed by atoms with Gasteiger partial charge in [-0.1, -0.05) is 24.6 Å². The number of hydrogen-bond donors (Lipinski definition) is 0. The van der Waals surface area contributed by atoms with Crippen molar-refractivity contribution in [3.8, 4) is 16.9 Å². The van der Waals surface area contributed by atoms with Gasteiger partial charge in [-0.25, -0.2) is 0 Å². The summed E-state index contributed by atoms with van der Waals surface area (Å²) in [4.78, 5) is 16.6. The summed E-state index contributed by atoms with van der Waals surface area (Å²) in [7, 11) is 3.56. The quantitative estimate of drug-likeness (QED) is 0.727. The number of carbonyl (C=O) groups excluding carboxylic acids is 1. The number of hydrogen-bond acceptors (Lipinski definition) is 4. The van der Waals surface area contributed by atoms with Crippen LogP contribution in [0, 0.1) is 6.92 Å². The molecule has 2 aromatic rings. The highest BCUT2D eigenvalue weighted by Gasteiger charge is 2.42. The van der Waals surface area contributed by atoms with E-state index in [0.717, 1.165) is 65.5 Å². The molecular formula is C26H32N2O3. The Labute approximate surface area is 184 Å². The summed E-state index contributed by atoms with van der Waals surface area (Å²) in [6.45, 7) is 4.71. The molecule has 1 spiro atoms. The number of ether oxygens (including phenoxy) is 2. The van der Waals surface area contributed by atoms with Crippen LogP contribution in [-0.4, -0.2) is 54.7 Å². The Morgan fingerprint density at radius 3 is 2.42 bits per heavy atom. The molecule has 1 aliphatic carbocycles. The molecule has 1 saturated carbocycles. The van der Waals surface area contributed by atoms with Gasteiger partial charge in [0.15, 0.2) is 0 Å². The van der Waals surface area contributed by atoms with Crippen molar-refractivity contribution in [3.05, 3.63) is 53.1 Å². The van der Waals surface area contributed by atoms with Crippen LogP contribution in [0.15, 0.2) is 36.4 Å². The first-order chi connectivity index (χ1) is 14.9. The van der Waals surface area contributed by atoms with Gasteiger partial charge in [-0.2, -0.15) is 0 Å². The summed E-state index contributed by atoms with van der Waals surface area (Å²) in [6.07, 6.45) is 5.95. The molecule has 1 saturated heterocycles. The van der Waals surface area contributed by atoms with Crippen molar-refractivity contribution in [2.75, 3.05) is 27.2 Å². The third-order valence-corrected chi connectivity index (χ3v) is 7.19. The molecule has 2 aromatic carbocycles. The maximum Gasteiger partial charge on any atom is 0.253 e. The molecule has 5 rings (SSSR count). The van der Waals surface area contributed by atoms with Crippen molar-refractivity contribution >= 4 is 5.91 Å². The number of aryl methyl sites for hydroxylation is 1. The zero-order valence-electron chi connectivity index (χ0n) is 18.8.